The molecule has 5 nitrogen and oxygen atoms in total. The molecule has 0 amide bonds. The van der Waals surface area contributed by atoms with Crippen LogP contribution in [0, 0.1) is 5.92 Å². The van der Waals surface area contributed by atoms with Gasteiger partial charge in [0.05, 0.1) is 6.54 Å². The van der Waals surface area contributed by atoms with Crippen LogP contribution in [0.3, 0.4) is 0 Å². The first-order valence-corrected chi connectivity index (χ1v) is 7.36. The molecule has 6 heteroatoms. The van der Waals surface area contributed by atoms with Gasteiger partial charge < -0.3 is 5.32 Å². The zero-order valence-corrected chi connectivity index (χ0v) is 11.8. The second kappa shape index (κ2) is 8.47. The average molecular weight is 257 g/mol. The zero-order chi connectivity index (χ0) is 12.5. The Hall–Kier alpha value is -0.620. The smallest absolute Gasteiger partial charge is 0.209 e. The first kappa shape index (κ1) is 14.4. The third-order valence-corrected chi connectivity index (χ3v) is 3.91. The highest BCUT2D eigenvalue weighted by Crippen LogP contribution is 2.18. The molecule has 0 fully saturated rings. The number of hydrogen-bond donors (Lipinski definition) is 1. The van der Waals surface area contributed by atoms with Crippen LogP contribution in [0.1, 0.15) is 33.6 Å². The predicted octanol–water partition coefficient (Wildman–Crippen LogP) is 1.81. The maximum absolute atomic E-state index is 4.06. The Morgan fingerprint density at radius 3 is 2.88 bits per heavy atom. The summed E-state index contributed by atoms with van der Waals surface area (Å²) in [5, 5.41) is 16.1. The first-order chi connectivity index (χ1) is 8.27. The summed E-state index contributed by atoms with van der Waals surface area (Å²) in [6, 6.07) is 0. The summed E-state index contributed by atoms with van der Waals surface area (Å²) in [5.74, 6) is 1.79. The minimum atomic E-state index is 0.711. The van der Waals surface area contributed by atoms with Crippen molar-refractivity contribution in [1.29, 1.82) is 0 Å². The van der Waals surface area contributed by atoms with Crippen LogP contribution in [-0.2, 0) is 6.54 Å². The minimum Gasteiger partial charge on any atom is -0.315 e. The van der Waals surface area contributed by atoms with E-state index in [2.05, 4.69) is 41.6 Å². The summed E-state index contributed by atoms with van der Waals surface area (Å²) in [4.78, 5) is 0. The van der Waals surface area contributed by atoms with E-state index in [-0.39, 0.29) is 0 Å². The molecule has 0 bridgehead atoms. The van der Waals surface area contributed by atoms with Crippen LogP contribution in [0.25, 0.3) is 0 Å². The molecule has 1 heterocycles. The summed E-state index contributed by atoms with van der Waals surface area (Å²) in [5.41, 5.74) is 0. The molecule has 0 aromatic carbocycles. The van der Waals surface area contributed by atoms with Gasteiger partial charge in [-0.25, -0.2) is 4.68 Å². The van der Waals surface area contributed by atoms with E-state index in [1.807, 2.05) is 4.68 Å². The van der Waals surface area contributed by atoms with Gasteiger partial charge in [-0.3, -0.25) is 0 Å². The van der Waals surface area contributed by atoms with Gasteiger partial charge in [0.1, 0.15) is 0 Å². The lowest BCUT2D eigenvalue weighted by molar-refractivity contribution is 0.510. The second-order valence-corrected chi connectivity index (χ2v) is 5.25. The Bertz CT molecular complexity index is 302. The van der Waals surface area contributed by atoms with Gasteiger partial charge in [-0.1, -0.05) is 39.0 Å². The van der Waals surface area contributed by atoms with Crippen LogP contribution in [0.5, 0.6) is 0 Å². The molecule has 1 aromatic heterocycles. The lowest BCUT2D eigenvalue weighted by Gasteiger charge is -2.08. The number of rotatable bonds is 9. The summed E-state index contributed by atoms with van der Waals surface area (Å²) in [7, 11) is 0. The summed E-state index contributed by atoms with van der Waals surface area (Å²) in [6.45, 7) is 9.45. The highest BCUT2D eigenvalue weighted by molar-refractivity contribution is 7.99. The van der Waals surface area contributed by atoms with Gasteiger partial charge >= 0.3 is 0 Å². The topological polar surface area (TPSA) is 55.6 Å². The number of nitrogens with zero attached hydrogens (tertiary/aromatic N) is 4. The SMILES string of the molecule is CCCNCCn1nnnc1SCC(C)CC. The molecule has 17 heavy (non-hydrogen) atoms. The number of aromatic nitrogens is 4. The van der Waals surface area contributed by atoms with E-state index in [1.165, 1.54) is 6.42 Å². The largest absolute Gasteiger partial charge is 0.315 e. The number of tetrazole rings is 1. The van der Waals surface area contributed by atoms with E-state index >= 15 is 0 Å². The maximum atomic E-state index is 4.06. The van der Waals surface area contributed by atoms with Crippen LogP contribution in [0.4, 0.5) is 0 Å². The van der Waals surface area contributed by atoms with Crippen molar-refractivity contribution in [3.05, 3.63) is 0 Å². The Balaban J connectivity index is 2.32. The molecule has 1 N–H and O–H groups in total. The van der Waals surface area contributed by atoms with Crippen molar-refractivity contribution in [3.8, 4) is 0 Å². The molecular weight excluding hydrogens is 234 g/mol. The molecule has 0 aliphatic rings. The highest BCUT2D eigenvalue weighted by atomic mass is 32.2. The fraction of sp³-hybridized carbons (Fsp3) is 0.909. The van der Waals surface area contributed by atoms with Crippen molar-refractivity contribution in [2.24, 2.45) is 5.92 Å². The molecule has 1 unspecified atom stereocenters. The molecule has 0 aliphatic heterocycles. The predicted molar refractivity (Wildman–Crippen MR) is 71.2 cm³/mol. The van der Waals surface area contributed by atoms with Crippen molar-refractivity contribution < 1.29 is 0 Å². The summed E-state index contributed by atoms with van der Waals surface area (Å²) < 4.78 is 1.88. The van der Waals surface area contributed by atoms with Crippen molar-refractivity contribution in [2.75, 3.05) is 18.8 Å². The molecule has 1 atom stereocenters. The third-order valence-electron chi connectivity index (χ3n) is 2.62. The van der Waals surface area contributed by atoms with E-state index < -0.39 is 0 Å². The minimum absolute atomic E-state index is 0.711. The van der Waals surface area contributed by atoms with E-state index in [1.54, 1.807) is 11.8 Å². The second-order valence-electron chi connectivity index (χ2n) is 4.26. The van der Waals surface area contributed by atoms with Crippen LogP contribution in [0.15, 0.2) is 5.16 Å². The van der Waals surface area contributed by atoms with Crippen LogP contribution < -0.4 is 5.32 Å². The quantitative estimate of drug-likeness (QED) is 0.540. The number of thioether (sulfide) groups is 1. The van der Waals surface area contributed by atoms with Gasteiger partial charge in [-0.2, -0.15) is 0 Å². The van der Waals surface area contributed by atoms with E-state index in [0.29, 0.717) is 5.92 Å². The van der Waals surface area contributed by atoms with E-state index in [0.717, 1.165) is 37.0 Å². The van der Waals surface area contributed by atoms with Crippen molar-refractivity contribution in [3.63, 3.8) is 0 Å². The van der Waals surface area contributed by atoms with Crippen molar-refractivity contribution >= 4 is 11.8 Å². The summed E-state index contributed by atoms with van der Waals surface area (Å²) in [6.07, 6.45) is 2.36. The zero-order valence-electron chi connectivity index (χ0n) is 11.0. The van der Waals surface area contributed by atoms with Crippen molar-refractivity contribution in [2.45, 2.75) is 45.3 Å². The lowest BCUT2D eigenvalue weighted by Crippen LogP contribution is -2.21. The van der Waals surface area contributed by atoms with Gasteiger partial charge in [0, 0.05) is 12.3 Å². The first-order valence-electron chi connectivity index (χ1n) is 6.37. The Morgan fingerprint density at radius 2 is 2.18 bits per heavy atom. The van der Waals surface area contributed by atoms with E-state index in [4.69, 9.17) is 0 Å². The number of hydrogen-bond acceptors (Lipinski definition) is 5. The van der Waals surface area contributed by atoms with Crippen molar-refractivity contribution in [1.82, 2.24) is 25.5 Å². The normalized spacial score (nSPS) is 12.9. The monoisotopic (exact) mass is 257 g/mol. The number of nitrogens with one attached hydrogen (secondary N) is 1. The van der Waals surface area contributed by atoms with Gasteiger partial charge in [0.2, 0.25) is 5.16 Å². The lowest BCUT2D eigenvalue weighted by atomic mass is 10.2. The molecule has 0 radical (unpaired) electrons. The van der Waals surface area contributed by atoms with Crippen LogP contribution >= 0.6 is 11.8 Å². The molecule has 0 aliphatic carbocycles. The Labute approximate surface area is 108 Å². The van der Waals surface area contributed by atoms with Crippen LogP contribution in [-0.4, -0.2) is 39.0 Å². The molecule has 0 spiro atoms. The fourth-order valence-electron chi connectivity index (χ4n) is 1.26. The highest BCUT2D eigenvalue weighted by Gasteiger charge is 2.08. The standard InChI is InChI=1S/C11H23N5S/c1-4-6-12-7-8-16-11(13-14-15-16)17-9-10(3)5-2/h10,12H,4-9H2,1-3H3. The third kappa shape index (κ3) is 5.50. The molecule has 0 saturated heterocycles. The average Bonchev–Trinajstić information content (AvgIpc) is 2.79. The summed E-state index contributed by atoms with van der Waals surface area (Å²) >= 11 is 1.75. The van der Waals surface area contributed by atoms with Gasteiger partial charge in [0.15, 0.2) is 0 Å². The molecule has 98 valence electrons. The molecule has 1 aromatic rings. The Kier molecular flexibility index (Phi) is 7.19. The van der Waals surface area contributed by atoms with Gasteiger partial charge in [0.25, 0.3) is 0 Å². The fourth-order valence-corrected chi connectivity index (χ4v) is 2.30. The van der Waals surface area contributed by atoms with Crippen LogP contribution in [0.2, 0.25) is 0 Å². The molecule has 1 rings (SSSR count). The van der Waals surface area contributed by atoms with Gasteiger partial charge in [-0.05, 0) is 29.3 Å². The maximum Gasteiger partial charge on any atom is 0.209 e. The molecule has 0 saturated carbocycles. The molecular formula is C11H23N5S. The Morgan fingerprint density at radius 1 is 1.35 bits per heavy atom. The van der Waals surface area contributed by atoms with E-state index in [9.17, 15) is 0 Å². The van der Waals surface area contributed by atoms with Gasteiger partial charge in [-0.15, -0.1) is 5.10 Å².